The molecule has 0 aliphatic rings. The van der Waals surface area contributed by atoms with E-state index < -0.39 is 11.9 Å². The van der Waals surface area contributed by atoms with E-state index in [1.165, 1.54) is 6.08 Å². The molecule has 0 heterocycles. The molecule has 152 valence electrons. The summed E-state index contributed by atoms with van der Waals surface area (Å²) in [6.07, 6.45) is 3.48. The number of carbonyl (C=O) groups excluding carboxylic acids is 2. The van der Waals surface area contributed by atoms with Crippen LogP contribution in [0.2, 0.25) is 0 Å². The molecule has 0 bridgehead atoms. The van der Waals surface area contributed by atoms with Crippen molar-refractivity contribution in [2.75, 3.05) is 18.1 Å². The number of carbonyl (C=O) groups is 2. The lowest BCUT2D eigenvalue weighted by atomic mass is 10.1. The molecule has 0 amide bonds. The van der Waals surface area contributed by atoms with Crippen molar-refractivity contribution < 1.29 is 19.1 Å². The molecule has 0 aliphatic heterocycles. The molecule has 0 fully saturated rings. The molecule has 0 saturated carbocycles. The van der Waals surface area contributed by atoms with Gasteiger partial charge in [-0.1, -0.05) is 36.4 Å². The molecular formula is C24H22N2O4. The van der Waals surface area contributed by atoms with Crippen LogP contribution >= 0.6 is 0 Å². The van der Waals surface area contributed by atoms with Gasteiger partial charge in [-0.05, 0) is 53.6 Å². The van der Waals surface area contributed by atoms with Crippen LogP contribution in [0.5, 0.6) is 5.75 Å². The molecule has 4 N–H and O–H groups in total. The number of anilines is 2. The fourth-order valence-electron chi connectivity index (χ4n) is 2.70. The molecule has 3 aromatic rings. The SMILES string of the molecule is Nc1ccc(CCOC(=O)/C=C/c2ccc(OC(=O)c3ccccc3)cc2)c(N)c1. The average molecular weight is 402 g/mol. The molecule has 30 heavy (non-hydrogen) atoms. The normalized spacial score (nSPS) is 10.7. The molecule has 0 radical (unpaired) electrons. The highest BCUT2D eigenvalue weighted by molar-refractivity contribution is 5.91. The zero-order valence-electron chi connectivity index (χ0n) is 16.3. The van der Waals surface area contributed by atoms with Crippen LogP contribution in [0, 0.1) is 0 Å². The van der Waals surface area contributed by atoms with E-state index in [2.05, 4.69) is 0 Å². The Bertz CT molecular complexity index is 1040. The summed E-state index contributed by atoms with van der Waals surface area (Å²) in [7, 11) is 0. The number of hydrogen-bond acceptors (Lipinski definition) is 6. The largest absolute Gasteiger partial charge is 0.462 e. The van der Waals surface area contributed by atoms with E-state index in [9.17, 15) is 9.59 Å². The van der Waals surface area contributed by atoms with Crippen molar-refractivity contribution in [1.82, 2.24) is 0 Å². The maximum Gasteiger partial charge on any atom is 0.343 e. The summed E-state index contributed by atoms with van der Waals surface area (Å²) in [6, 6.07) is 20.8. The minimum Gasteiger partial charge on any atom is -0.462 e. The van der Waals surface area contributed by atoms with Crippen LogP contribution < -0.4 is 16.2 Å². The van der Waals surface area contributed by atoms with Gasteiger partial charge in [-0.3, -0.25) is 0 Å². The van der Waals surface area contributed by atoms with E-state index >= 15 is 0 Å². The number of benzene rings is 3. The van der Waals surface area contributed by atoms with Crippen LogP contribution in [0.3, 0.4) is 0 Å². The van der Waals surface area contributed by atoms with Crippen molar-refractivity contribution in [3.8, 4) is 5.75 Å². The van der Waals surface area contributed by atoms with Crippen molar-refractivity contribution in [3.63, 3.8) is 0 Å². The van der Waals surface area contributed by atoms with Gasteiger partial charge < -0.3 is 20.9 Å². The van der Waals surface area contributed by atoms with Gasteiger partial charge in [-0.2, -0.15) is 0 Å². The van der Waals surface area contributed by atoms with E-state index in [4.69, 9.17) is 20.9 Å². The zero-order chi connectivity index (χ0) is 21.3. The number of nitrogens with two attached hydrogens (primary N) is 2. The fourth-order valence-corrected chi connectivity index (χ4v) is 2.70. The Morgan fingerprint density at radius 2 is 1.63 bits per heavy atom. The zero-order valence-corrected chi connectivity index (χ0v) is 16.3. The Balaban J connectivity index is 1.47. The minimum atomic E-state index is -0.455. The third kappa shape index (κ3) is 5.97. The smallest absolute Gasteiger partial charge is 0.343 e. The number of esters is 2. The van der Waals surface area contributed by atoms with Crippen molar-refractivity contribution in [2.45, 2.75) is 6.42 Å². The van der Waals surface area contributed by atoms with Crippen LogP contribution in [0.15, 0.2) is 78.9 Å². The summed E-state index contributed by atoms with van der Waals surface area (Å²) in [6.45, 7) is 0.214. The van der Waals surface area contributed by atoms with Gasteiger partial charge in [0.15, 0.2) is 0 Å². The first-order chi connectivity index (χ1) is 14.5. The Morgan fingerprint density at radius 1 is 0.900 bits per heavy atom. The van der Waals surface area contributed by atoms with E-state index in [1.54, 1.807) is 66.7 Å². The minimum absolute atomic E-state index is 0.214. The van der Waals surface area contributed by atoms with Crippen molar-refractivity contribution in [1.29, 1.82) is 0 Å². The van der Waals surface area contributed by atoms with Gasteiger partial charge in [-0.25, -0.2) is 9.59 Å². The topological polar surface area (TPSA) is 105 Å². The Hall–Kier alpha value is -4.06. The molecule has 0 atom stereocenters. The third-order valence-corrected chi connectivity index (χ3v) is 4.30. The molecule has 0 spiro atoms. The fraction of sp³-hybridized carbons (Fsp3) is 0.0833. The molecule has 0 unspecified atom stereocenters. The number of nitrogen functional groups attached to an aromatic ring is 2. The van der Waals surface area contributed by atoms with Gasteiger partial charge >= 0.3 is 11.9 Å². The first-order valence-electron chi connectivity index (χ1n) is 9.37. The summed E-state index contributed by atoms with van der Waals surface area (Å²) in [5, 5.41) is 0. The maximum absolute atomic E-state index is 12.0. The van der Waals surface area contributed by atoms with Gasteiger partial charge in [-0.15, -0.1) is 0 Å². The molecule has 6 nitrogen and oxygen atoms in total. The van der Waals surface area contributed by atoms with Crippen LogP contribution in [0.1, 0.15) is 21.5 Å². The number of ether oxygens (including phenoxy) is 2. The molecule has 6 heteroatoms. The van der Waals surface area contributed by atoms with Crippen LogP contribution in [-0.2, 0) is 16.0 Å². The predicted octanol–water partition coefficient (Wildman–Crippen LogP) is 3.87. The lowest BCUT2D eigenvalue weighted by Gasteiger charge is -2.06. The lowest BCUT2D eigenvalue weighted by Crippen LogP contribution is -2.08. The summed E-state index contributed by atoms with van der Waals surface area (Å²) < 4.78 is 10.5. The van der Waals surface area contributed by atoms with E-state index in [-0.39, 0.29) is 6.61 Å². The highest BCUT2D eigenvalue weighted by Gasteiger charge is 2.07. The second-order valence-electron chi connectivity index (χ2n) is 6.53. The summed E-state index contributed by atoms with van der Waals surface area (Å²) in [4.78, 5) is 23.9. The highest BCUT2D eigenvalue weighted by Crippen LogP contribution is 2.17. The molecule has 0 aliphatic carbocycles. The predicted molar refractivity (Wildman–Crippen MR) is 117 cm³/mol. The monoisotopic (exact) mass is 402 g/mol. The Kier molecular flexibility index (Phi) is 6.84. The number of hydrogen-bond donors (Lipinski definition) is 2. The van der Waals surface area contributed by atoms with Crippen molar-refractivity contribution in [2.24, 2.45) is 0 Å². The number of rotatable bonds is 7. The molecule has 3 aromatic carbocycles. The van der Waals surface area contributed by atoms with Crippen LogP contribution in [0.4, 0.5) is 11.4 Å². The first-order valence-corrected chi connectivity index (χ1v) is 9.37. The van der Waals surface area contributed by atoms with Gasteiger partial charge in [0, 0.05) is 23.9 Å². The molecule has 0 saturated heterocycles. The van der Waals surface area contributed by atoms with Crippen molar-refractivity contribution in [3.05, 3.63) is 95.6 Å². The van der Waals surface area contributed by atoms with Gasteiger partial charge in [0.1, 0.15) is 5.75 Å². The quantitative estimate of drug-likeness (QED) is 0.269. The van der Waals surface area contributed by atoms with E-state index in [1.807, 2.05) is 12.1 Å². The van der Waals surface area contributed by atoms with E-state index in [0.29, 0.717) is 29.1 Å². The average Bonchev–Trinajstić information content (AvgIpc) is 2.75. The molecular weight excluding hydrogens is 380 g/mol. The van der Waals surface area contributed by atoms with Gasteiger partial charge in [0.25, 0.3) is 0 Å². The Labute approximate surface area is 174 Å². The summed E-state index contributed by atoms with van der Waals surface area (Å²) in [5.74, 6) is -0.461. The Morgan fingerprint density at radius 3 is 2.33 bits per heavy atom. The van der Waals surface area contributed by atoms with Gasteiger partial charge in [0.05, 0.1) is 12.2 Å². The first kappa shape index (κ1) is 20.7. The standard InChI is InChI=1S/C24H22N2O4/c25-20-10-9-18(22(26)16-20)14-15-29-23(27)13-8-17-6-11-21(12-7-17)30-24(28)19-4-2-1-3-5-19/h1-13,16H,14-15,25-26H2/b13-8+. The lowest BCUT2D eigenvalue weighted by molar-refractivity contribution is -0.137. The second-order valence-corrected chi connectivity index (χ2v) is 6.53. The third-order valence-electron chi connectivity index (χ3n) is 4.30. The summed E-state index contributed by atoms with van der Waals surface area (Å²) >= 11 is 0. The molecule has 3 rings (SSSR count). The highest BCUT2D eigenvalue weighted by atomic mass is 16.5. The molecule has 0 aromatic heterocycles. The van der Waals surface area contributed by atoms with Crippen molar-refractivity contribution >= 4 is 29.4 Å². The van der Waals surface area contributed by atoms with Crippen LogP contribution in [-0.4, -0.2) is 18.5 Å². The second kappa shape index (κ2) is 9.93. The van der Waals surface area contributed by atoms with E-state index in [0.717, 1.165) is 11.1 Å². The summed E-state index contributed by atoms with van der Waals surface area (Å²) in [5.41, 5.74) is 14.8. The van der Waals surface area contributed by atoms with Crippen LogP contribution in [0.25, 0.3) is 6.08 Å². The van der Waals surface area contributed by atoms with Gasteiger partial charge in [0.2, 0.25) is 0 Å². The maximum atomic E-state index is 12.0.